The molecule has 0 radical (unpaired) electrons. The van der Waals surface area contributed by atoms with Gasteiger partial charge in [0.05, 0.1) is 22.4 Å². The lowest BCUT2D eigenvalue weighted by Gasteiger charge is -2.23. The van der Waals surface area contributed by atoms with Crippen LogP contribution in [0.25, 0.3) is 10.1 Å². The Morgan fingerprint density at radius 3 is 2.53 bits per heavy atom. The third-order valence-corrected chi connectivity index (χ3v) is 9.34. The van der Waals surface area contributed by atoms with Gasteiger partial charge in [-0.1, -0.05) is 32.0 Å². The molecule has 1 aliphatic heterocycles. The van der Waals surface area contributed by atoms with E-state index in [1.54, 1.807) is 6.07 Å². The molecule has 2 heterocycles. The third-order valence-electron chi connectivity index (χ3n) is 6.37. The van der Waals surface area contributed by atoms with Gasteiger partial charge in [-0.25, -0.2) is 12.8 Å². The van der Waals surface area contributed by atoms with Gasteiger partial charge in [-0.3, -0.25) is 14.4 Å². The zero-order chi connectivity index (χ0) is 27.4. The van der Waals surface area contributed by atoms with E-state index >= 15 is 0 Å². The fourth-order valence-corrected chi connectivity index (χ4v) is 6.82. The summed E-state index contributed by atoms with van der Waals surface area (Å²) >= 11 is 1.34. The first-order chi connectivity index (χ1) is 18.0. The summed E-state index contributed by atoms with van der Waals surface area (Å²) in [6.07, 6.45) is 0.979. The number of thiophene rings is 1. The fourth-order valence-electron chi connectivity index (χ4n) is 4.41. The molecule has 1 aromatic heterocycles. The molecule has 4 rings (SSSR count). The van der Waals surface area contributed by atoms with Crippen molar-refractivity contribution in [2.24, 2.45) is 5.92 Å². The molecule has 2 N–H and O–H groups in total. The predicted octanol–water partition coefficient (Wildman–Crippen LogP) is 3.72. The third kappa shape index (κ3) is 6.46. The average Bonchev–Trinajstić information content (AvgIpc) is 3.22. The largest absolute Gasteiger partial charge is 0.344 e. The normalized spacial score (nSPS) is 17.8. The van der Waals surface area contributed by atoms with Crippen LogP contribution in [0.1, 0.15) is 42.8 Å². The van der Waals surface area contributed by atoms with Gasteiger partial charge in [0, 0.05) is 11.2 Å². The topological polar surface area (TPSA) is 113 Å². The number of carbonyl (C=O) groups excluding carboxylic acids is 3. The first kappa shape index (κ1) is 27.9. The second-order valence-corrected chi connectivity index (χ2v) is 12.8. The standard InChI is InChI=1S/C27H30FN3O5S2/c1-17(2)14-22(30-27(34)25-15-18-6-3-4-8-24(18)37-25)26(33)29-21-7-5-13-31(16-23(21)32)38(35,36)20-11-9-19(28)10-12-20/h3-4,6,8-12,15,17,21-22H,5,7,13-14,16H2,1-2H3,(H,29,33)(H,30,34)/t21-,22+/m1/s1. The molecule has 0 aliphatic carbocycles. The number of ketones is 1. The first-order valence-electron chi connectivity index (χ1n) is 12.4. The molecule has 0 saturated carbocycles. The zero-order valence-corrected chi connectivity index (χ0v) is 22.8. The highest BCUT2D eigenvalue weighted by atomic mass is 32.2. The summed E-state index contributed by atoms with van der Waals surface area (Å²) < 4.78 is 41.3. The minimum absolute atomic E-state index is 0.0923. The lowest BCUT2D eigenvalue weighted by atomic mass is 10.0. The summed E-state index contributed by atoms with van der Waals surface area (Å²) in [7, 11) is -4.00. The Labute approximate surface area is 225 Å². The predicted molar refractivity (Wildman–Crippen MR) is 144 cm³/mol. The van der Waals surface area contributed by atoms with Gasteiger partial charge in [-0.15, -0.1) is 11.3 Å². The van der Waals surface area contributed by atoms with E-state index in [-0.39, 0.29) is 29.7 Å². The maximum atomic E-state index is 13.3. The summed E-state index contributed by atoms with van der Waals surface area (Å²) in [5, 5.41) is 6.50. The van der Waals surface area contributed by atoms with Crippen LogP contribution in [0, 0.1) is 11.7 Å². The Balaban J connectivity index is 1.44. The smallest absolute Gasteiger partial charge is 0.262 e. The van der Waals surface area contributed by atoms with Gasteiger partial charge in [0.2, 0.25) is 15.9 Å². The van der Waals surface area contributed by atoms with E-state index in [0.29, 0.717) is 17.7 Å². The number of nitrogens with zero attached hydrogens (tertiary/aromatic N) is 1. The van der Waals surface area contributed by atoms with Gasteiger partial charge in [0.1, 0.15) is 11.9 Å². The van der Waals surface area contributed by atoms with Crippen molar-refractivity contribution < 1.29 is 27.2 Å². The van der Waals surface area contributed by atoms with Crippen molar-refractivity contribution in [1.82, 2.24) is 14.9 Å². The maximum Gasteiger partial charge on any atom is 0.262 e. The van der Waals surface area contributed by atoms with E-state index in [4.69, 9.17) is 0 Å². The molecule has 1 fully saturated rings. The van der Waals surface area contributed by atoms with Gasteiger partial charge in [0.25, 0.3) is 5.91 Å². The highest BCUT2D eigenvalue weighted by Gasteiger charge is 2.34. The number of amides is 2. The van der Waals surface area contributed by atoms with Crippen LogP contribution in [-0.2, 0) is 19.6 Å². The van der Waals surface area contributed by atoms with E-state index in [1.807, 2.05) is 38.1 Å². The Bertz CT molecular complexity index is 1400. The Kier molecular flexibility index (Phi) is 8.59. The van der Waals surface area contributed by atoms with Gasteiger partial charge < -0.3 is 10.6 Å². The Morgan fingerprint density at radius 2 is 1.84 bits per heavy atom. The monoisotopic (exact) mass is 559 g/mol. The molecular weight excluding hydrogens is 529 g/mol. The number of halogens is 1. The SMILES string of the molecule is CC(C)C[C@H](NC(=O)c1cc2ccccc2s1)C(=O)N[C@@H]1CCCN(S(=O)(=O)c2ccc(F)cc2)CC1=O. The molecular formula is C27H30FN3O5S2. The molecule has 8 nitrogen and oxygen atoms in total. The minimum atomic E-state index is -4.00. The number of hydrogen-bond acceptors (Lipinski definition) is 6. The molecule has 0 unspecified atom stereocenters. The van der Waals surface area contributed by atoms with E-state index in [9.17, 15) is 27.2 Å². The Morgan fingerprint density at radius 1 is 1.13 bits per heavy atom. The van der Waals surface area contributed by atoms with Gasteiger partial charge >= 0.3 is 0 Å². The number of carbonyl (C=O) groups is 3. The highest BCUT2D eigenvalue weighted by molar-refractivity contribution is 7.89. The molecule has 1 aliphatic rings. The van der Waals surface area contributed by atoms with Crippen LogP contribution in [0.3, 0.4) is 0 Å². The molecule has 2 amide bonds. The molecule has 2 aromatic carbocycles. The first-order valence-corrected chi connectivity index (χ1v) is 14.7. The molecule has 11 heteroatoms. The van der Waals surface area contributed by atoms with Crippen LogP contribution in [0.15, 0.2) is 59.5 Å². The molecule has 1 saturated heterocycles. The summed E-state index contributed by atoms with van der Waals surface area (Å²) in [5.41, 5.74) is 0. The fraction of sp³-hybridized carbons (Fsp3) is 0.370. The second-order valence-electron chi connectivity index (χ2n) is 9.77. The molecule has 202 valence electrons. The van der Waals surface area contributed by atoms with Gasteiger partial charge in [0.15, 0.2) is 5.78 Å². The summed E-state index contributed by atoms with van der Waals surface area (Å²) in [5.74, 6) is -1.76. The van der Waals surface area contributed by atoms with E-state index in [1.165, 1.54) is 11.3 Å². The number of rotatable bonds is 8. The van der Waals surface area contributed by atoms with Crippen molar-refractivity contribution in [3.05, 3.63) is 65.3 Å². The van der Waals surface area contributed by atoms with Crippen LogP contribution in [0.5, 0.6) is 0 Å². The van der Waals surface area contributed by atoms with Crippen LogP contribution in [-0.4, -0.2) is 55.5 Å². The van der Waals surface area contributed by atoms with Crippen molar-refractivity contribution in [2.45, 2.75) is 50.1 Å². The van der Waals surface area contributed by atoms with Gasteiger partial charge in [-0.05, 0) is 67.0 Å². The van der Waals surface area contributed by atoms with Crippen molar-refractivity contribution in [1.29, 1.82) is 0 Å². The minimum Gasteiger partial charge on any atom is -0.344 e. The molecule has 38 heavy (non-hydrogen) atoms. The number of benzene rings is 2. The van der Waals surface area contributed by atoms with Crippen molar-refractivity contribution in [3.8, 4) is 0 Å². The van der Waals surface area contributed by atoms with E-state index in [0.717, 1.165) is 38.7 Å². The lowest BCUT2D eigenvalue weighted by Crippen LogP contribution is -2.52. The Hall–Kier alpha value is -3.15. The summed E-state index contributed by atoms with van der Waals surface area (Å²) in [6, 6.07) is 12.1. The molecule has 0 spiro atoms. The van der Waals surface area contributed by atoms with Crippen molar-refractivity contribution in [3.63, 3.8) is 0 Å². The van der Waals surface area contributed by atoms with Crippen molar-refractivity contribution in [2.75, 3.05) is 13.1 Å². The van der Waals surface area contributed by atoms with E-state index in [2.05, 4.69) is 10.6 Å². The molecule has 2 atom stereocenters. The van der Waals surface area contributed by atoms with Crippen LogP contribution >= 0.6 is 11.3 Å². The lowest BCUT2D eigenvalue weighted by molar-refractivity contribution is -0.129. The quantitative estimate of drug-likeness (QED) is 0.437. The van der Waals surface area contributed by atoms with E-state index < -0.39 is 46.2 Å². The van der Waals surface area contributed by atoms with Crippen molar-refractivity contribution >= 4 is 49.0 Å². The number of nitrogens with one attached hydrogen (secondary N) is 2. The zero-order valence-electron chi connectivity index (χ0n) is 21.1. The maximum absolute atomic E-state index is 13.3. The number of Topliss-reactive ketones (excluding diaryl/α,β-unsaturated/α-hetero) is 1. The molecule has 0 bridgehead atoms. The number of sulfonamides is 1. The number of hydrogen-bond donors (Lipinski definition) is 2. The molecule has 3 aromatic rings. The van der Waals surface area contributed by atoms with Crippen LogP contribution < -0.4 is 10.6 Å². The number of fused-ring (bicyclic) bond motifs is 1. The van der Waals surface area contributed by atoms with Crippen LogP contribution in [0.2, 0.25) is 0 Å². The van der Waals surface area contributed by atoms with Gasteiger partial charge in [-0.2, -0.15) is 4.31 Å². The summed E-state index contributed by atoms with van der Waals surface area (Å²) in [6.45, 7) is 3.55. The average molecular weight is 560 g/mol. The highest BCUT2D eigenvalue weighted by Crippen LogP contribution is 2.25. The second kappa shape index (κ2) is 11.7. The summed E-state index contributed by atoms with van der Waals surface area (Å²) in [4.78, 5) is 39.6. The van der Waals surface area contributed by atoms with Crippen LogP contribution in [0.4, 0.5) is 4.39 Å².